The van der Waals surface area contributed by atoms with Crippen LogP contribution in [0, 0.1) is 0 Å². The Balaban J connectivity index is 0.000000189. The van der Waals surface area contributed by atoms with E-state index in [9.17, 15) is 9.59 Å². The second-order valence-corrected chi connectivity index (χ2v) is 7.46. The van der Waals surface area contributed by atoms with Crippen LogP contribution in [0.15, 0.2) is 12.3 Å². The largest absolute Gasteiger partial charge is 0.492 e. The lowest BCUT2D eigenvalue weighted by atomic mass is 10.1. The molecule has 2 aliphatic rings. The summed E-state index contributed by atoms with van der Waals surface area (Å²) >= 11 is 0. The number of fused-ring (bicyclic) bond motifs is 1. The Morgan fingerprint density at radius 2 is 2.12 bits per heavy atom. The van der Waals surface area contributed by atoms with Crippen molar-refractivity contribution in [3.05, 3.63) is 23.5 Å². The van der Waals surface area contributed by atoms with Crippen LogP contribution in [-0.4, -0.2) is 48.7 Å². The third kappa shape index (κ3) is 7.00. The number of nitrogens with one attached hydrogen (secondary N) is 2. The van der Waals surface area contributed by atoms with Gasteiger partial charge >= 0.3 is 6.09 Å². The first-order valence-corrected chi connectivity index (χ1v) is 9.14. The summed E-state index contributed by atoms with van der Waals surface area (Å²) in [5.41, 5.74) is 1.18. The lowest BCUT2D eigenvalue weighted by Crippen LogP contribution is -2.44. The molecule has 1 aromatic heterocycles. The van der Waals surface area contributed by atoms with Gasteiger partial charge in [-0.2, -0.15) is 0 Å². The molecule has 144 valence electrons. The molecule has 0 spiro atoms. The highest BCUT2D eigenvalue weighted by molar-refractivity contribution is 5.72. The van der Waals surface area contributed by atoms with Gasteiger partial charge in [0, 0.05) is 6.04 Å². The maximum absolute atomic E-state index is 11.4. The molecule has 7 nitrogen and oxygen atoms in total. The fourth-order valence-electron chi connectivity index (χ4n) is 2.78. The van der Waals surface area contributed by atoms with Crippen molar-refractivity contribution in [2.75, 3.05) is 19.7 Å². The van der Waals surface area contributed by atoms with Crippen molar-refractivity contribution < 1.29 is 19.1 Å². The number of carbonyl (C=O) groups is 2. The fourth-order valence-corrected chi connectivity index (χ4v) is 2.78. The van der Waals surface area contributed by atoms with E-state index in [1.807, 2.05) is 20.8 Å². The van der Waals surface area contributed by atoms with Crippen molar-refractivity contribution in [2.24, 2.45) is 0 Å². The van der Waals surface area contributed by atoms with Crippen LogP contribution in [0.2, 0.25) is 0 Å². The first-order chi connectivity index (χ1) is 12.4. The maximum atomic E-state index is 11.4. The summed E-state index contributed by atoms with van der Waals surface area (Å²) in [5.74, 6) is 0.826. The molecule has 1 amide bonds. The van der Waals surface area contributed by atoms with Gasteiger partial charge in [-0.25, -0.2) is 9.78 Å². The fraction of sp³-hybridized carbons (Fsp3) is 0.632. The van der Waals surface area contributed by atoms with E-state index in [1.165, 1.54) is 0 Å². The molecule has 1 fully saturated rings. The van der Waals surface area contributed by atoms with E-state index in [2.05, 4.69) is 15.6 Å². The van der Waals surface area contributed by atoms with E-state index in [4.69, 9.17) is 9.47 Å². The molecular weight excluding hydrogens is 334 g/mol. The number of rotatable bonds is 2. The van der Waals surface area contributed by atoms with Crippen molar-refractivity contribution in [1.82, 2.24) is 15.6 Å². The molecule has 3 heterocycles. The molecular formula is C19H29N3O4. The van der Waals surface area contributed by atoms with E-state index >= 15 is 0 Å². The van der Waals surface area contributed by atoms with Crippen LogP contribution in [0.4, 0.5) is 4.79 Å². The third-order valence-electron chi connectivity index (χ3n) is 4.00. The lowest BCUT2D eigenvalue weighted by Gasteiger charge is -2.26. The molecule has 1 aromatic rings. The van der Waals surface area contributed by atoms with Gasteiger partial charge in [0.1, 0.15) is 17.0 Å². The number of carbonyl (C=O) groups excluding carboxylic acids is 2. The number of nitrogens with zero attached hydrogens (tertiary/aromatic N) is 1. The molecule has 3 rings (SSSR count). The summed E-state index contributed by atoms with van der Waals surface area (Å²) in [5, 5.41) is 6.12. The number of aromatic nitrogens is 1. The zero-order chi connectivity index (χ0) is 19.0. The number of piperidine rings is 1. The monoisotopic (exact) mass is 363 g/mol. The van der Waals surface area contributed by atoms with Gasteiger partial charge in [0.05, 0.1) is 12.8 Å². The van der Waals surface area contributed by atoms with Crippen LogP contribution in [0.3, 0.4) is 0 Å². The van der Waals surface area contributed by atoms with Crippen molar-refractivity contribution in [2.45, 2.75) is 58.1 Å². The van der Waals surface area contributed by atoms with Crippen LogP contribution >= 0.6 is 0 Å². The Morgan fingerprint density at radius 3 is 2.77 bits per heavy atom. The molecule has 0 aliphatic carbocycles. The number of aryl methyl sites for hydroxylation is 1. The van der Waals surface area contributed by atoms with Crippen molar-refractivity contribution in [1.29, 1.82) is 0 Å². The number of hydrogen-bond acceptors (Lipinski definition) is 6. The summed E-state index contributed by atoms with van der Waals surface area (Å²) in [6.45, 7) is 8.31. The normalized spacial score (nSPS) is 17.0. The van der Waals surface area contributed by atoms with E-state index in [0.29, 0.717) is 5.69 Å². The van der Waals surface area contributed by atoms with Crippen molar-refractivity contribution in [3.8, 4) is 5.75 Å². The highest BCUT2D eigenvalue weighted by Crippen LogP contribution is 2.23. The van der Waals surface area contributed by atoms with Gasteiger partial charge < -0.3 is 20.1 Å². The minimum atomic E-state index is -0.406. The number of alkyl carbamates (subject to hydrolysis) is 1. The van der Waals surface area contributed by atoms with Gasteiger partial charge in [-0.15, -0.1) is 0 Å². The molecule has 26 heavy (non-hydrogen) atoms. The SMILES string of the molecule is CC(C)(C)OC(=O)NC1CCNCC1.O=Cc1cc2c(cn1)OCCC2. The number of aldehydes is 1. The van der Waals surface area contributed by atoms with E-state index in [1.54, 1.807) is 12.3 Å². The Labute approximate surface area is 154 Å². The highest BCUT2D eigenvalue weighted by Gasteiger charge is 2.20. The molecule has 0 radical (unpaired) electrons. The summed E-state index contributed by atoms with van der Waals surface area (Å²) in [7, 11) is 0. The van der Waals surface area contributed by atoms with Gasteiger partial charge in [0.25, 0.3) is 0 Å². The Hall–Kier alpha value is -2.15. The minimum absolute atomic E-state index is 0.270. The van der Waals surface area contributed by atoms with Gasteiger partial charge in [0.15, 0.2) is 6.29 Å². The first-order valence-electron chi connectivity index (χ1n) is 9.14. The van der Waals surface area contributed by atoms with Crippen molar-refractivity contribution >= 4 is 12.4 Å². The van der Waals surface area contributed by atoms with Gasteiger partial charge in [-0.05, 0) is 71.2 Å². The summed E-state index contributed by atoms with van der Waals surface area (Å²) in [4.78, 5) is 25.7. The standard InChI is InChI=1S/C10H20N2O2.C9H9NO2/c1-10(2,3)14-9(13)12-8-4-6-11-7-5-8;11-6-8-4-7-2-1-3-12-9(7)5-10-8/h8,11H,4-7H2,1-3H3,(H,12,13);4-6H,1-3H2. The summed E-state index contributed by atoms with van der Waals surface area (Å²) in [6, 6.07) is 2.06. The zero-order valence-corrected chi connectivity index (χ0v) is 15.8. The molecule has 2 N–H and O–H groups in total. The summed E-state index contributed by atoms with van der Waals surface area (Å²) < 4.78 is 10.5. The average Bonchev–Trinajstić information content (AvgIpc) is 2.61. The molecule has 0 bridgehead atoms. The van der Waals surface area contributed by atoms with Crippen molar-refractivity contribution in [3.63, 3.8) is 0 Å². The average molecular weight is 363 g/mol. The predicted molar refractivity (Wildman–Crippen MR) is 98.7 cm³/mol. The van der Waals surface area contributed by atoms with Gasteiger partial charge in [-0.1, -0.05) is 0 Å². The molecule has 0 saturated carbocycles. The Kier molecular flexibility index (Phi) is 7.38. The molecule has 0 atom stereocenters. The smallest absolute Gasteiger partial charge is 0.407 e. The van der Waals surface area contributed by atoms with E-state index in [0.717, 1.165) is 63.0 Å². The van der Waals surface area contributed by atoms with Crippen LogP contribution in [-0.2, 0) is 11.2 Å². The summed E-state index contributed by atoms with van der Waals surface area (Å²) in [6.07, 6.45) is 6.06. The number of amides is 1. The predicted octanol–water partition coefficient (Wildman–Crippen LogP) is 2.48. The lowest BCUT2D eigenvalue weighted by molar-refractivity contribution is 0.0495. The maximum Gasteiger partial charge on any atom is 0.407 e. The van der Waals surface area contributed by atoms with Crippen LogP contribution in [0.25, 0.3) is 0 Å². The van der Waals surface area contributed by atoms with Crippen LogP contribution in [0.5, 0.6) is 5.75 Å². The number of pyridine rings is 1. The molecule has 1 saturated heterocycles. The van der Waals surface area contributed by atoms with Crippen LogP contribution < -0.4 is 15.4 Å². The number of ether oxygens (including phenoxy) is 2. The second kappa shape index (κ2) is 9.52. The van der Waals surface area contributed by atoms with Gasteiger partial charge in [-0.3, -0.25) is 4.79 Å². The Bertz CT molecular complexity index is 607. The Morgan fingerprint density at radius 1 is 1.38 bits per heavy atom. The second-order valence-electron chi connectivity index (χ2n) is 7.46. The highest BCUT2D eigenvalue weighted by atomic mass is 16.6. The molecule has 2 aliphatic heterocycles. The third-order valence-corrected chi connectivity index (χ3v) is 4.00. The molecule has 7 heteroatoms. The van der Waals surface area contributed by atoms with E-state index < -0.39 is 5.60 Å². The van der Waals surface area contributed by atoms with Gasteiger partial charge in [0.2, 0.25) is 0 Å². The minimum Gasteiger partial charge on any atom is -0.492 e. The van der Waals surface area contributed by atoms with Crippen LogP contribution in [0.1, 0.15) is 56.1 Å². The molecule has 0 unspecified atom stereocenters. The quantitative estimate of drug-likeness (QED) is 0.785. The topological polar surface area (TPSA) is 89.6 Å². The van der Waals surface area contributed by atoms with E-state index in [-0.39, 0.29) is 12.1 Å². The number of hydrogen-bond donors (Lipinski definition) is 2. The molecule has 0 aromatic carbocycles. The first kappa shape index (κ1) is 20.2. The zero-order valence-electron chi connectivity index (χ0n) is 15.8.